The van der Waals surface area contributed by atoms with Gasteiger partial charge in [-0.1, -0.05) is 5.16 Å². The summed E-state index contributed by atoms with van der Waals surface area (Å²) in [5.74, 6) is 1.89. The van der Waals surface area contributed by atoms with E-state index >= 15 is 0 Å². The minimum atomic E-state index is -0.250. The van der Waals surface area contributed by atoms with E-state index in [1.807, 2.05) is 34.1 Å². The van der Waals surface area contributed by atoms with Crippen LogP contribution in [-0.2, 0) is 4.79 Å². The summed E-state index contributed by atoms with van der Waals surface area (Å²) in [4.78, 5) is 31.5. The monoisotopic (exact) mass is 446 g/mol. The summed E-state index contributed by atoms with van der Waals surface area (Å²) in [6.07, 6.45) is 1.15. The number of urea groups is 1. The van der Waals surface area contributed by atoms with E-state index < -0.39 is 0 Å². The van der Waals surface area contributed by atoms with Gasteiger partial charge in [-0.05, 0) is 50.2 Å². The van der Waals surface area contributed by atoms with Gasteiger partial charge >= 0.3 is 12.0 Å². The Morgan fingerprint density at radius 3 is 2.53 bits per heavy atom. The second-order valence-electron chi connectivity index (χ2n) is 7.81. The molecule has 2 aliphatic rings. The second kappa shape index (κ2) is 11.3. The first-order chi connectivity index (χ1) is 15.5. The number of piperazine rings is 1. The SMILES string of the molecule is COc1ccc(-c2noc(N3CCN(C(=O)NCC4CCN(C)C4)CC3)n2)cc1.O=CO. The van der Waals surface area contributed by atoms with Crippen molar-refractivity contribution in [3.8, 4) is 17.1 Å². The Labute approximate surface area is 186 Å². The molecule has 2 saturated heterocycles. The lowest BCUT2D eigenvalue weighted by Crippen LogP contribution is -2.52. The second-order valence-corrected chi connectivity index (χ2v) is 7.81. The van der Waals surface area contributed by atoms with Crippen LogP contribution in [0.2, 0.25) is 0 Å². The molecule has 2 amide bonds. The first-order valence-corrected chi connectivity index (χ1v) is 10.6. The Morgan fingerprint density at radius 1 is 1.25 bits per heavy atom. The third-order valence-electron chi connectivity index (χ3n) is 5.63. The number of hydrogen-bond acceptors (Lipinski definition) is 8. The molecular formula is C21H30N6O5. The maximum absolute atomic E-state index is 12.4. The predicted octanol–water partition coefficient (Wildman–Crippen LogP) is 1.23. The van der Waals surface area contributed by atoms with Crippen LogP contribution < -0.4 is 15.0 Å². The van der Waals surface area contributed by atoms with Crippen molar-refractivity contribution < 1.29 is 24.0 Å². The molecule has 1 aromatic heterocycles. The summed E-state index contributed by atoms with van der Waals surface area (Å²) >= 11 is 0. The normalized spacial score (nSPS) is 18.6. The molecule has 2 N–H and O–H groups in total. The Balaban J connectivity index is 0.000000913. The van der Waals surface area contributed by atoms with Gasteiger partial charge in [-0.3, -0.25) is 4.79 Å². The van der Waals surface area contributed by atoms with Crippen LogP contribution in [0.5, 0.6) is 5.75 Å². The molecular weight excluding hydrogens is 416 g/mol. The average Bonchev–Trinajstić information content (AvgIpc) is 3.47. The molecule has 11 nitrogen and oxygen atoms in total. The zero-order valence-electron chi connectivity index (χ0n) is 18.4. The number of methoxy groups -OCH3 is 1. The van der Waals surface area contributed by atoms with E-state index in [4.69, 9.17) is 19.2 Å². The third kappa shape index (κ3) is 6.10. The summed E-state index contributed by atoms with van der Waals surface area (Å²) in [5, 5.41) is 14.1. The molecule has 174 valence electrons. The summed E-state index contributed by atoms with van der Waals surface area (Å²) in [5.41, 5.74) is 0.872. The van der Waals surface area contributed by atoms with Crippen molar-refractivity contribution in [2.24, 2.45) is 5.92 Å². The number of amides is 2. The highest BCUT2D eigenvalue weighted by Crippen LogP contribution is 2.23. The quantitative estimate of drug-likeness (QED) is 0.653. The van der Waals surface area contributed by atoms with Gasteiger partial charge in [0, 0.05) is 44.8 Å². The number of hydrogen-bond donors (Lipinski definition) is 2. The first-order valence-electron chi connectivity index (χ1n) is 10.6. The zero-order valence-corrected chi connectivity index (χ0v) is 18.4. The van der Waals surface area contributed by atoms with Crippen LogP contribution >= 0.6 is 0 Å². The molecule has 1 unspecified atom stereocenters. The zero-order chi connectivity index (χ0) is 22.9. The van der Waals surface area contributed by atoms with Gasteiger partial charge in [0.2, 0.25) is 5.82 Å². The van der Waals surface area contributed by atoms with Gasteiger partial charge in [0.05, 0.1) is 7.11 Å². The van der Waals surface area contributed by atoms with Crippen molar-refractivity contribution in [2.45, 2.75) is 6.42 Å². The third-order valence-corrected chi connectivity index (χ3v) is 5.63. The number of rotatable bonds is 5. The van der Waals surface area contributed by atoms with Crippen LogP contribution in [0.25, 0.3) is 11.4 Å². The molecule has 1 aromatic carbocycles. The summed E-state index contributed by atoms with van der Waals surface area (Å²) in [7, 11) is 3.76. The molecule has 2 aliphatic heterocycles. The van der Waals surface area contributed by atoms with Gasteiger partial charge < -0.3 is 34.4 Å². The molecule has 0 bridgehead atoms. The molecule has 2 aromatic rings. The number of carbonyl (C=O) groups excluding carboxylic acids is 1. The van der Waals surface area contributed by atoms with E-state index in [1.54, 1.807) is 7.11 Å². The highest BCUT2D eigenvalue weighted by atomic mass is 16.5. The Bertz CT molecular complexity index is 866. The van der Waals surface area contributed by atoms with E-state index in [0.29, 0.717) is 43.9 Å². The smallest absolute Gasteiger partial charge is 0.324 e. The van der Waals surface area contributed by atoms with E-state index in [-0.39, 0.29) is 12.5 Å². The number of aromatic nitrogens is 2. The van der Waals surface area contributed by atoms with Crippen LogP contribution in [0.4, 0.5) is 10.8 Å². The van der Waals surface area contributed by atoms with Crippen molar-refractivity contribution in [1.82, 2.24) is 25.3 Å². The Kier molecular flexibility index (Phi) is 8.26. The number of nitrogens with zero attached hydrogens (tertiary/aromatic N) is 5. The Hall–Kier alpha value is -3.34. The van der Waals surface area contributed by atoms with Gasteiger partial charge in [-0.25, -0.2) is 4.79 Å². The molecule has 4 rings (SSSR count). The predicted molar refractivity (Wildman–Crippen MR) is 118 cm³/mol. The van der Waals surface area contributed by atoms with E-state index in [0.717, 1.165) is 37.4 Å². The van der Waals surface area contributed by atoms with Gasteiger partial charge in [0.25, 0.3) is 6.47 Å². The molecule has 2 fully saturated rings. The fourth-order valence-corrected chi connectivity index (χ4v) is 3.84. The molecule has 32 heavy (non-hydrogen) atoms. The minimum absolute atomic E-state index is 0.0173. The highest BCUT2D eigenvalue weighted by Gasteiger charge is 2.26. The maximum Gasteiger partial charge on any atom is 0.324 e. The van der Waals surface area contributed by atoms with E-state index in [2.05, 4.69) is 27.4 Å². The number of carboxylic acid groups (broad SMARTS) is 1. The highest BCUT2D eigenvalue weighted by molar-refractivity contribution is 5.74. The molecule has 0 saturated carbocycles. The molecule has 3 heterocycles. The lowest BCUT2D eigenvalue weighted by atomic mass is 10.1. The number of anilines is 1. The number of likely N-dealkylation sites (tertiary alicyclic amines) is 1. The number of benzene rings is 1. The molecule has 0 spiro atoms. The van der Waals surface area contributed by atoms with Crippen molar-refractivity contribution in [3.63, 3.8) is 0 Å². The number of ether oxygens (including phenoxy) is 1. The van der Waals surface area contributed by atoms with Crippen LogP contribution in [0.15, 0.2) is 28.8 Å². The van der Waals surface area contributed by atoms with Crippen LogP contribution in [0, 0.1) is 5.92 Å². The topological polar surface area (TPSA) is 124 Å². The summed E-state index contributed by atoms with van der Waals surface area (Å²) in [6.45, 7) is 5.28. The van der Waals surface area contributed by atoms with Gasteiger partial charge in [0.15, 0.2) is 0 Å². The number of nitrogens with one attached hydrogen (secondary N) is 1. The molecule has 11 heteroatoms. The van der Waals surface area contributed by atoms with Crippen LogP contribution in [0.1, 0.15) is 6.42 Å². The largest absolute Gasteiger partial charge is 0.497 e. The van der Waals surface area contributed by atoms with Crippen molar-refractivity contribution in [1.29, 1.82) is 0 Å². The Morgan fingerprint density at radius 2 is 1.94 bits per heavy atom. The van der Waals surface area contributed by atoms with Crippen LogP contribution in [0.3, 0.4) is 0 Å². The lowest BCUT2D eigenvalue weighted by molar-refractivity contribution is -0.122. The average molecular weight is 447 g/mol. The lowest BCUT2D eigenvalue weighted by Gasteiger charge is -2.33. The van der Waals surface area contributed by atoms with E-state index in [9.17, 15) is 4.79 Å². The fraction of sp³-hybridized carbons (Fsp3) is 0.524. The van der Waals surface area contributed by atoms with E-state index in [1.165, 1.54) is 0 Å². The van der Waals surface area contributed by atoms with Crippen molar-refractivity contribution in [2.75, 3.05) is 64.9 Å². The van der Waals surface area contributed by atoms with Crippen molar-refractivity contribution >= 4 is 18.5 Å². The molecule has 0 aliphatic carbocycles. The standard InChI is InChI=1S/C20H28N6O3.CH2O2/c1-24-8-7-15(14-24)13-21-19(27)25-9-11-26(12-10-25)20-22-18(23-29-20)16-3-5-17(28-2)6-4-16;2-1-3/h3-6,15H,7-14H2,1-2H3,(H,21,27);1H,(H,2,3). The van der Waals surface area contributed by atoms with Gasteiger partial charge in [-0.15, -0.1) is 0 Å². The first kappa shape index (κ1) is 23.3. The van der Waals surface area contributed by atoms with Crippen LogP contribution in [-0.4, -0.2) is 97.5 Å². The van der Waals surface area contributed by atoms with Crippen molar-refractivity contribution in [3.05, 3.63) is 24.3 Å². The van der Waals surface area contributed by atoms with Gasteiger partial charge in [0.1, 0.15) is 5.75 Å². The fourth-order valence-electron chi connectivity index (χ4n) is 3.84. The minimum Gasteiger partial charge on any atom is -0.497 e. The van der Waals surface area contributed by atoms with Gasteiger partial charge in [-0.2, -0.15) is 4.98 Å². The molecule has 0 radical (unpaired) electrons. The summed E-state index contributed by atoms with van der Waals surface area (Å²) in [6, 6.07) is 8.04. The number of carbonyl (C=O) groups is 2. The maximum atomic E-state index is 12.4. The summed E-state index contributed by atoms with van der Waals surface area (Å²) < 4.78 is 10.6. The molecule has 1 atom stereocenters.